The van der Waals surface area contributed by atoms with Crippen LogP contribution in [0.5, 0.6) is 0 Å². The van der Waals surface area contributed by atoms with Crippen LogP contribution >= 0.6 is 24.0 Å². The molecule has 1 N–H and O–H groups in total. The number of benzene rings is 1. The zero-order chi connectivity index (χ0) is 24.9. The molecule has 9 heteroatoms. The first-order valence-corrected chi connectivity index (χ1v) is 12.8. The smallest absolute Gasteiger partial charge is 0.267 e. The summed E-state index contributed by atoms with van der Waals surface area (Å²) >= 11 is 6.71. The number of aromatic nitrogens is 2. The van der Waals surface area contributed by atoms with E-state index >= 15 is 0 Å². The number of anilines is 1. The van der Waals surface area contributed by atoms with Crippen LogP contribution in [0.25, 0.3) is 11.7 Å². The third kappa shape index (κ3) is 5.80. The molecular formula is C26H28N4O3S2. The van der Waals surface area contributed by atoms with Gasteiger partial charge in [-0.2, -0.15) is 0 Å². The number of aryl methyl sites for hydroxylation is 2. The zero-order valence-electron chi connectivity index (χ0n) is 20.0. The summed E-state index contributed by atoms with van der Waals surface area (Å²) in [4.78, 5) is 33.4. The summed E-state index contributed by atoms with van der Waals surface area (Å²) in [6, 6.07) is 11.7. The Morgan fingerprint density at radius 3 is 2.60 bits per heavy atom. The largest absolute Gasteiger partial charge is 0.382 e. The number of carbonyl (C=O) groups is 1. The molecule has 1 aromatic carbocycles. The van der Waals surface area contributed by atoms with E-state index in [1.54, 1.807) is 17.2 Å². The molecule has 4 rings (SSSR count). The Morgan fingerprint density at radius 2 is 1.86 bits per heavy atom. The summed E-state index contributed by atoms with van der Waals surface area (Å²) in [6.07, 6.45) is 4.13. The fourth-order valence-electron chi connectivity index (χ4n) is 3.69. The summed E-state index contributed by atoms with van der Waals surface area (Å²) in [5.74, 6) is 0.232. The predicted octanol–water partition coefficient (Wildman–Crippen LogP) is 4.55. The van der Waals surface area contributed by atoms with Gasteiger partial charge in [0, 0.05) is 26.0 Å². The Morgan fingerprint density at radius 1 is 1.11 bits per heavy atom. The minimum absolute atomic E-state index is 0.211. The molecule has 0 spiro atoms. The van der Waals surface area contributed by atoms with Gasteiger partial charge in [-0.1, -0.05) is 59.9 Å². The number of nitrogens with zero attached hydrogens (tertiary/aromatic N) is 3. The van der Waals surface area contributed by atoms with E-state index in [-0.39, 0.29) is 11.5 Å². The summed E-state index contributed by atoms with van der Waals surface area (Å²) in [6.45, 7) is 8.14. The van der Waals surface area contributed by atoms with Gasteiger partial charge in [-0.05, 0) is 50.5 Å². The Bertz CT molecular complexity index is 1350. The Balaban J connectivity index is 1.67. The van der Waals surface area contributed by atoms with Gasteiger partial charge < -0.3 is 10.1 Å². The van der Waals surface area contributed by atoms with Gasteiger partial charge in [0.1, 0.15) is 15.8 Å². The van der Waals surface area contributed by atoms with Crippen LogP contribution in [0.4, 0.5) is 5.82 Å². The maximum absolute atomic E-state index is 13.5. The predicted molar refractivity (Wildman–Crippen MR) is 146 cm³/mol. The van der Waals surface area contributed by atoms with E-state index < -0.39 is 0 Å². The fourth-order valence-corrected chi connectivity index (χ4v) is 4.93. The van der Waals surface area contributed by atoms with Crippen molar-refractivity contribution in [1.29, 1.82) is 0 Å². The highest BCUT2D eigenvalue weighted by atomic mass is 32.2. The van der Waals surface area contributed by atoms with E-state index in [0.717, 1.165) is 23.1 Å². The average Bonchev–Trinajstić information content (AvgIpc) is 3.10. The molecule has 2 aromatic heterocycles. The molecule has 7 nitrogen and oxygen atoms in total. The zero-order valence-corrected chi connectivity index (χ0v) is 21.7. The number of hydrogen-bond acceptors (Lipinski definition) is 7. The second-order valence-corrected chi connectivity index (χ2v) is 10.0. The maximum atomic E-state index is 13.5. The minimum atomic E-state index is -0.241. The van der Waals surface area contributed by atoms with Crippen molar-refractivity contribution in [1.82, 2.24) is 14.3 Å². The van der Waals surface area contributed by atoms with Gasteiger partial charge >= 0.3 is 0 Å². The maximum Gasteiger partial charge on any atom is 0.267 e. The minimum Gasteiger partial charge on any atom is -0.382 e. The third-order valence-electron chi connectivity index (χ3n) is 5.58. The number of ether oxygens (including phenoxy) is 1. The average molecular weight is 509 g/mol. The van der Waals surface area contributed by atoms with Gasteiger partial charge in [0.2, 0.25) is 0 Å². The second kappa shape index (κ2) is 11.2. The molecule has 1 fully saturated rings. The molecular weight excluding hydrogens is 480 g/mol. The molecule has 0 bridgehead atoms. The van der Waals surface area contributed by atoms with E-state index in [0.29, 0.717) is 52.6 Å². The monoisotopic (exact) mass is 508 g/mol. The number of hydrogen-bond donors (Lipinski definition) is 1. The Kier molecular flexibility index (Phi) is 8.00. The van der Waals surface area contributed by atoms with Crippen molar-refractivity contribution in [2.75, 3.05) is 25.1 Å². The second-order valence-electron chi connectivity index (χ2n) is 8.34. The lowest BCUT2D eigenvalue weighted by atomic mass is 10.1. The van der Waals surface area contributed by atoms with Gasteiger partial charge in [0.25, 0.3) is 11.5 Å². The Hall–Kier alpha value is -3.01. The lowest BCUT2D eigenvalue weighted by Gasteiger charge is -2.14. The van der Waals surface area contributed by atoms with Crippen LogP contribution < -0.4 is 10.9 Å². The fraction of sp³-hybridized carbons (Fsp3) is 0.308. The molecule has 3 aromatic rings. The summed E-state index contributed by atoms with van der Waals surface area (Å²) in [7, 11) is 0. The van der Waals surface area contributed by atoms with E-state index in [9.17, 15) is 9.59 Å². The summed E-state index contributed by atoms with van der Waals surface area (Å²) in [5, 5.41) is 3.26. The van der Waals surface area contributed by atoms with Gasteiger partial charge in [-0.3, -0.25) is 18.9 Å². The normalized spacial score (nSPS) is 14.9. The molecule has 0 saturated carbocycles. The van der Waals surface area contributed by atoms with Crippen LogP contribution in [-0.4, -0.2) is 44.3 Å². The number of rotatable bonds is 9. The quantitative estimate of drug-likeness (QED) is 0.258. The van der Waals surface area contributed by atoms with Gasteiger partial charge in [-0.15, -0.1) is 0 Å². The van der Waals surface area contributed by atoms with Crippen LogP contribution in [0.2, 0.25) is 0 Å². The highest BCUT2D eigenvalue weighted by molar-refractivity contribution is 8.26. The van der Waals surface area contributed by atoms with Crippen LogP contribution in [0, 0.1) is 13.8 Å². The van der Waals surface area contributed by atoms with Crippen LogP contribution in [0.3, 0.4) is 0 Å². The summed E-state index contributed by atoms with van der Waals surface area (Å²) in [5.41, 5.74) is 3.72. The lowest BCUT2D eigenvalue weighted by Crippen LogP contribution is -2.27. The number of thiocarbonyl (C=S) groups is 1. The number of thioether (sulfide) groups is 1. The van der Waals surface area contributed by atoms with Crippen molar-refractivity contribution in [3.63, 3.8) is 0 Å². The molecule has 1 saturated heterocycles. The van der Waals surface area contributed by atoms with Gasteiger partial charge in [0.05, 0.1) is 17.0 Å². The standard InChI is InChI=1S/C26H28N4O3S2/c1-4-33-13-5-12-27-23-20(24(31)29-15-18(3)8-11-22(29)28-23)14-21-25(32)30(26(34)35-21)16-19-9-6-17(2)7-10-19/h6-11,14-15,27H,4-5,12-13,16H2,1-3H3/b21-14+. The van der Waals surface area contributed by atoms with E-state index in [4.69, 9.17) is 17.0 Å². The molecule has 1 aliphatic rings. The van der Waals surface area contributed by atoms with E-state index in [2.05, 4.69) is 10.3 Å². The molecule has 0 aliphatic carbocycles. The lowest BCUT2D eigenvalue weighted by molar-refractivity contribution is -0.122. The van der Waals surface area contributed by atoms with Crippen molar-refractivity contribution in [2.24, 2.45) is 0 Å². The van der Waals surface area contributed by atoms with Crippen molar-refractivity contribution in [2.45, 2.75) is 33.7 Å². The van der Waals surface area contributed by atoms with Gasteiger partial charge in [0.15, 0.2) is 0 Å². The molecule has 3 heterocycles. The topological polar surface area (TPSA) is 75.9 Å². The highest BCUT2D eigenvalue weighted by Crippen LogP contribution is 2.34. The number of carbonyl (C=O) groups excluding carboxylic acids is 1. The molecule has 182 valence electrons. The van der Waals surface area contributed by atoms with Crippen molar-refractivity contribution >= 4 is 51.7 Å². The SMILES string of the molecule is CCOCCCNc1nc2ccc(C)cn2c(=O)c1/C=C1/SC(=S)N(Cc2ccc(C)cc2)C1=O. The molecule has 1 amide bonds. The van der Waals surface area contributed by atoms with Crippen LogP contribution in [-0.2, 0) is 16.1 Å². The van der Waals surface area contributed by atoms with E-state index in [1.165, 1.54) is 16.2 Å². The van der Waals surface area contributed by atoms with Crippen molar-refractivity contribution < 1.29 is 9.53 Å². The van der Waals surface area contributed by atoms with Crippen LogP contribution in [0.1, 0.15) is 35.6 Å². The Labute approximate surface area is 214 Å². The molecule has 0 atom stereocenters. The molecule has 0 radical (unpaired) electrons. The first-order valence-electron chi connectivity index (χ1n) is 11.5. The van der Waals surface area contributed by atoms with Crippen molar-refractivity contribution in [3.05, 3.63) is 80.1 Å². The number of amides is 1. The molecule has 1 aliphatic heterocycles. The number of pyridine rings is 1. The molecule has 35 heavy (non-hydrogen) atoms. The summed E-state index contributed by atoms with van der Waals surface area (Å²) < 4.78 is 7.39. The number of fused-ring (bicyclic) bond motifs is 1. The first kappa shape index (κ1) is 25.1. The van der Waals surface area contributed by atoms with Crippen LogP contribution in [0.15, 0.2) is 52.3 Å². The molecule has 0 unspecified atom stereocenters. The highest BCUT2D eigenvalue weighted by Gasteiger charge is 2.32. The third-order valence-corrected chi connectivity index (χ3v) is 6.96. The first-order chi connectivity index (χ1) is 16.9. The number of nitrogens with one attached hydrogen (secondary N) is 1. The van der Waals surface area contributed by atoms with Gasteiger partial charge in [-0.25, -0.2) is 4.98 Å². The van der Waals surface area contributed by atoms with E-state index in [1.807, 2.05) is 57.2 Å². The van der Waals surface area contributed by atoms with Crippen molar-refractivity contribution in [3.8, 4) is 0 Å².